The Labute approximate surface area is 209 Å². The SMILES string of the molecule is Cc1ccc(C)c(OCCCn2c(CCCNC(=O)c3ccc(Br)cc3)nc3ccccc32)c1. The molecule has 0 saturated carbocycles. The first-order valence-corrected chi connectivity index (χ1v) is 12.5. The standard InChI is InChI=1S/C28H30BrN3O2/c1-20-10-11-21(2)26(19-20)34-18-6-17-32-25-8-4-3-7-24(25)31-27(32)9-5-16-30-28(33)22-12-14-23(29)15-13-22/h3-4,7-8,10-15,19H,5-6,9,16-18H2,1-2H3,(H,30,33). The molecule has 176 valence electrons. The zero-order valence-electron chi connectivity index (χ0n) is 19.7. The number of nitrogens with zero attached hydrogens (tertiary/aromatic N) is 2. The first kappa shape index (κ1) is 24.0. The maximum absolute atomic E-state index is 12.4. The van der Waals surface area contributed by atoms with E-state index in [9.17, 15) is 4.79 Å². The van der Waals surface area contributed by atoms with Gasteiger partial charge in [0, 0.05) is 29.5 Å². The van der Waals surface area contributed by atoms with Crippen molar-refractivity contribution in [1.82, 2.24) is 14.9 Å². The summed E-state index contributed by atoms with van der Waals surface area (Å²) in [5, 5.41) is 3.01. The lowest BCUT2D eigenvalue weighted by Crippen LogP contribution is -2.25. The molecule has 0 saturated heterocycles. The summed E-state index contributed by atoms with van der Waals surface area (Å²) in [6.45, 7) is 6.25. The van der Waals surface area contributed by atoms with Gasteiger partial charge in [-0.25, -0.2) is 4.98 Å². The monoisotopic (exact) mass is 519 g/mol. The fourth-order valence-corrected chi connectivity index (χ4v) is 4.25. The summed E-state index contributed by atoms with van der Waals surface area (Å²) < 4.78 is 9.31. The molecule has 3 aromatic carbocycles. The second-order valence-electron chi connectivity index (χ2n) is 8.51. The Bertz CT molecular complexity index is 1260. The van der Waals surface area contributed by atoms with Crippen molar-refractivity contribution >= 4 is 32.9 Å². The van der Waals surface area contributed by atoms with Crippen LogP contribution in [0.25, 0.3) is 11.0 Å². The van der Waals surface area contributed by atoms with Crippen molar-refractivity contribution in [2.24, 2.45) is 0 Å². The minimum absolute atomic E-state index is 0.0513. The molecular weight excluding hydrogens is 490 g/mol. The van der Waals surface area contributed by atoms with Gasteiger partial charge in [0.1, 0.15) is 11.6 Å². The average Bonchev–Trinajstić information content (AvgIpc) is 3.19. The number of hydrogen-bond donors (Lipinski definition) is 1. The third-order valence-electron chi connectivity index (χ3n) is 5.83. The van der Waals surface area contributed by atoms with Crippen molar-refractivity contribution in [3.8, 4) is 5.75 Å². The summed E-state index contributed by atoms with van der Waals surface area (Å²) in [5.41, 5.74) is 5.18. The number of imidazole rings is 1. The highest BCUT2D eigenvalue weighted by molar-refractivity contribution is 9.10. The van der Waals surface area contributed by atoms with E-state index in [2.05, 4.69) is 76.1 Å². The summed E-state index contributed by atoms with van der Waals surface area (Å²) in [7, 11) is 0. The molecule has 0 aliphatic rings. The first-order valence-electron chi connectivity index (χ1n) is 11.7. The molecule has 0 bridgehead atoms. The molecule has 0 radical (unpaired) electrons. The third-order valence-corrected chi connectivity index (χ3v) is 6.36. The molecule has 5 nitrogen and oxygen atoms in total. The van der Waals surface area contributed by atoms with Crippen LogP contribution in [0.1, 0.15) is 40.2 Å². The van der Waals surface area contributed by atoms with Gasteiger partial charge in [0.15, 0.2) is 0 Å². The van der Waals surface area contributed by atoms with Crippen molar-refractivity contribution in [3.05, 3.63) is 93.7 Å². The number of carbonyl (C=O) groups excluding carboxylic acids is 1. The Balaban J connectivity index is 1.33. The Kier molecular flexibility index (Phi) is 8.01. The number of para-hydroxylation sites is 2. The highest BCUT2D eigenvalue weighted by Crippen LogP contribution is 2.21. The van der Waals surface area contributed by atoms with Crippen LogP contribution < -0.4 is 10.1 Å². The number of nitrogens with one attached hydrogen (secondary N) is 1. The molecular formula is C28H30BrN3O2. The molecule has 0 aliphatic carbocycles. The first-order chi connectivity index (χ1) is 16.5. The summed E-state index contributed by atoms with van der Waals surface area (Å²) in [5.74, 6) is 1.95. The number of benzene rings is 3. The van der Waals surface area contributed by atoms with Crippen molar-refractivity contribution < 1.29 is 9.53 Å². The van der Waals surface area contributed by atoms with E-state index < -0.39 is 0 Å². The quantitative estimate of drug-likeness (QED) is 0.252. The van der Waals surface area contributed by atoms with Gasteiger partial charge in [-0.3, -0.25) is 4.79 Å². The molecule has 0 spiro atoms. The Morgan fingerprint density at radius 2 is 1.82 bits per heavy atom. The average molecular weight is 520 g/mol. The Hall–Kier alpha value is -3.12. The normalized spacial score (nSPS) is 11.0. The van der Waals surface area contributed by atoms with Crippen LogP contribution in [0, 0.1) is 13.8 Å². The van der Waals surface area contributed by atoms with Gasteiger partial charge in [-0.2, -0.15) is 0 Å². The van der Waals surface area contributed by atoms with Gasteiger partial charge < -0.3 is 14.6 Å². The number of aryl methyl sites for hydroxylation is 4. The van der Waals surface area contributed by atoms with E-state index in [1.165, 1.54) is 5.56 Å². The van der Waals surface area contributed by atoms with E-state index in [4.69, 9.17) is 9.72 Å². The van der Waals surface area contributed by atoms with Crippen molar-refractivity contribution in [2.75, 3.05) is 13.2 Å². The van der Waals surface area contributed by atoms with Gasteiger partial charge in [-0.05, 0) is 80.3 Å². The molecule has 0 unspecified atom stereocenters. The minimum Gasteiger partial charge on any atom is -0.493 e. The molecule has 6 heteroatoms. The van der Waals surface area contributed by atoms with Crippen LogP contribution in [-0.4, -0.2) is 28.6 Å². The molecule has 1 amide bonds. The lowest BCUT2D eigenvalue weighted by atomic mass is 10.1. The van der Waals surface area contributed by atoms with E-state index >= 15 is 0 Å². The maximum Gasteiger partial charge on any atom is 0.251 e. The Morgan fingerprint density at radius 1 is 1.03 bits per heavy atom. The summed E-state index contributed by atoms with van der Waals surface area (Å²) >= 11 is 3.40. The van der Waals surface area contributed by atoms with E-state index in [0.29, 0.717) is 18.7 Å². The minimum atomic E-state index is -0.0513. The van der Waals surface area contributed by atoms with Crippen LogP contribution in [-0.2, 0) is 13.0 Å². The van der Waals surface area contributed by atoms with E-state index in [1.54, 1.807) is 0 Å². The molecule has 0 atom stereocenters. The molecule has 1 heterocycles. The van der Waals surface area contributed by atoms with Gasteiger partial charge in [0.25, 0.3) is 5.91 Å². The second-order valence-corrected chi connectivity index (χ2v) is 9.42. The Morgan fingerprint density at radius 3 is 2.65 bits per heavy atom. The molecule has 1 N–H and O–H groups in total. The van der Waals surface area contributed by atoms with E-state index in [0.717, 1.165) is 58.5 Å². The number of halogens is 1. The van der Waals surface area contributed by atoms with Gasteiger partial charge in [0.2, 0.25) is 0 Å². The maximum atomic E-state index is 12.4. The van der Waals surface area contributed by atoms with Crippen molar-refractivity contribution in [3.63, 3.8) is 0 Å². The molecule has 0 aliphatic heterocycles. The predicted octanol–water partition coefficient (Wildman–Crippen LogP) is 6.25. The molecule has 4 aromatic rings. The van der Waals surface area contributed by atoms with Crippen LogP contribution in [0.4, 0.5) is 0 Å². The number of carbonyl (C=O) groups is 1. The molecule has 1 aromatic heterocycles. The molecule has 34 heavy (non-hydrogen) atoms. The van der Waals surface area contributed by atoms with E-state index in [-0.39, 0.29) is 5.91 Å². The zero-order chi connectivity index (χ0) is 23.9. The van der Waals surface area contributed by atoms with Crippen LogP contribution >= 0.6 is 15.9 Å². The van der Waals surface area contributed by atoms with Gasteiger partial charge in [0.05, 0.1) is 17.6 Å². The van der Waals surface area contributed by atoms with Crippen LogP contribution in [0.3, 0.4) is 0 Å². The zero-order valence-corrected chi connectivity index (χ0v) is 21.3. The third kappa shape index (κ3) is 6.06. The number of hydrogen-bond acceptors (Lipinski definition) is 3. The lowest BCUT2D eigenvalue weighted by molar-refractivity contribution is 0.0953. The second kappa shape index (κ2) is 11.3. The van der Waals surface area contributed by atoms with Gasteiger partial charge in [-0.15, -0.1) is 0 Å². The van der Waals surface area contributed by atoms with E-state index in [1.807, 2.05) is 30.3 Å². The summed E-state index contributed by atoms with van der Waals surface area (Å²) in [6.07, 6.45) is 2.51. The van der Waals surface area contributed by atoms with Gasteiger partial charge >= 0.3 is 0 Å². The topological polar surface area (TPSA) is 56.1 Å². The number of ether oxygens (including phenoxy) is 1. The molecule has 0 fully saturated rings. The largest absolute Gasteiger partial charge is 0.493 e. The van der Waals surface area contributed by atoms with Crippen LogP contribution in [0.5, 0.6) is 5.75 Å². The number of rotatable bonds is 10. The highest BCUT2D eigenvalue weighted by atomic mass is 79.9. The van der Waals surface area contributed by atoms with Crippen molar-refractivity contribution in [1.29, 1.82) is 0 Å². The number of amides is 1. The summed E-state index contributed by atoms with van der Waals surface area (Å²) in [4.78, 5) is 17.2. The van der Waals surface area contributed by atoms with Crippen LogP contribution in [0.2, 0.25) is 0 Å². The highest BCUT2D eigenvalue weighted by Gasteiger charge is 2.11. The van der Waals surface area contributed by atoms with Gasteiger partial charge in [-0.1, -0.05) is 40.2 Å². The fourth-order valence-electron chi connectivity index (χ4n) is 3.99. The number of aromatic nitrogens is 2. The lowest BCUT2D eigenvalue weighted by Gasteiger charge is -2.12. The summed E-state index contributed by atoms with van der Waals surface area (Å²) in [6, 6.07) is 21.9. The van der Waals surface area contributed by atoms with Crippen molar-refractivity contribution in [2.45, 2.75) is 39.7 Å². The smallest absolute Gasteiger partial charge is 0.251 e. The number of fused-ring (bicyclic) bond motifs is 1. The fraction of sp³-hybridized carbons (Fsp3) is 0.286. The predicted molar refractivity (Wildman–Crippen MR) is 141 cm³/mol. The molecule has 4 rings (SSSR count). The van der Waals surface area contributed by atoms with Crippen LogP contribution in [0.15, 0.2) is 71.2 Å².